The van der Waals surface area contributed by atoms with E-state index >= 15 is 0 Å². The van der Waals surface area contributed by atoms with Crippen molar-refractivity contribution in [3.05, 3.63) is 0 Å². The molecule has 0 amide bonds. The van der Waals surface area contributed by atoms with Crippen LogP contribution in [0.15, 0.2) is 0 Å². The van der Waals surface area contributed by atoms with Gasteiger partial charge >= 0.3 is 7.80 Å². The molecule has 3 heteroatoms. The van der Waals surface area contributed by atoms with Gasteiger partial charge in [0, 0.05) is 0 Å². The van der Waals surface area contributed by atoms with Gasteiger partial charge in [0.05, 0.1) is 0 Å². The van der Waals surface area contributed by atoms with E-state index in [1.807, 2.05) is 0 Å². The second-order valence-corrected chi connectivity index (χ2v) is 3.94. The highest BCUT2D eigenvalue weighted by molar-refractivity contribution is 7.42. The van der Waals surface area contributed by atoms with E-state index in [4.69, 9.17) is 0 Å². The van der Waals surface area contributed by atoms with E-state index in [0.29, 0.717) is 0 Å². The molecular weight excluding hydrogens is 126 g/mol. The molecule has 0 saturated carbocycles. The first-order valence-electron chi connectivity index (χ1n) is 2.08. The first-order valence-corrected chi connectivity index (χ1v) is 6.23. The van der Waals surface area contributed by atoms with Gasteiger partial charge in [-0.3, -0.25) is 0 Å². The molecule has 1 nitrogen and oxygen atoms in total. The molecule has 0 aliphatic rings. The Morgan fingerprint density at radius 2 is 1.29 bits per heavy atom. The maximum absolute atomic E-state index is 9.59. The van der Waals surface area contributed by atoms with E-state index in [1.165, 1.54) is 0 Å². The summed E-state index contributed by atoms with van der Waals surface area (Å²) in [7, 11) is 0.213. The third-order valence-corrected chi connectivity index (χ3v) is 0. The molecule has 0 fully saturated rings. The lowest BCUT2D eigenvalue weighted by atomic mass is 11.9. The molecule has 0 aromatic rings. The molecule has 7 heavy (non-hydrogen) atoms. The largest absolute Gasteiger partial charge is 0.332 e. The Morgan fingerprint density at radius 1 is 1.29 bits per heavy atom. The summed E-state index contributed by atoms with van der Waals surface area (Å²) in [6.07, 6.45) is 0. The van der Waals surface area contributed by atoms with E-state index in [1.54, 1.807) is 13.3 Å². The van der Waals surface area contributed by atoms with E-state index < -0.39 is 7.80 Å². The van der Waals surface area contributed by atoms with Crippen LogP contribution in [0.3, 0.4) is 0 Å². The molecule has 0 N–H and O–H groups in total. The fourth-order valence-corrected chi connectivity index (χ4v) is 0. The van der Waals surface area contributed by atoms with Gasteiger partial charge in [0.1, 0.15) is 13.3 Å². The highest BCUT2D eigenvalue weighted by atomic mass is 31.1. The quantitative estimate of drug-likeness (QED) is 0.469. The molecule has 0 aliphatic heterocycles. The second-order valence-electron chi connectivity index (χ2n) is 1.31. The monoisotopic (exact) mass is 139 g/mol. The topological polar surface area (TPSA) is 17.1 Å². The molecule has 0 atom stereocenters. The minimum Gasteiger partial charge on any atom is -0.129 e. The van der Waals surface area contributed by atoms with Crippen LogP contribution in [0.2, 0.25) is 0 Å². The third-order valence-electron chi connectivity index (χ3n) is 0. The van der Waals surface area contributed by atoms with E-state index in [-0.39, 0.29) is 0 Å². The van der Waals surface area contributed by atoms with Gasteiger partial charge in [-0.05, 0) is 13.3 Å². The summed E-state index contributed by atoms with van der Waals surface area (Å²) in [5.41, 5.74) is 0. The predicted molar refractivity (Wildman–Crippen MR) is 39.6 cm³/mol. The number of rotatable bonds is 0. The summed E-state index contributed by atoms with van der Waals surface area (Å²) >= 11 is 0. The molecule has 0 aromatic heterocycles. The van der Waals surface area contributed by atoms with E-state index in [2.05, 4.69) is 13.3 Å². The van der Waals surface area contributed by atoms with Crippen LogP contribution in [-0.2, 0) is 4.57 Å². The number of hydrogen-bond acceptors (Lipinski definition) is 1. The van der Waals surface area contributed by atoms with Crippen LogP contribution in [0.25, 0.3) is 0 Å². The summed E-state index contributed by atoms with van der Waals surface area (Å²) in [5.74, 6) is 0. The van der Waals surface area contributed by atoms with Crippen molar-refractivity contribution in [3.8, 4) is 0 Å². The van der Waals surface area contributed by atoms with Crippen LogP contribution in [0.4, 0.5) is 0 Å². The minimum absolute atomic E-state index is 0.870. The molecule has 0 radical (unpaired) electrons. The second kappa shape index (κ2) is 9.73. The normalized spacial score (nSPS) is 6.29. The van der Waals surface area contributed by atoms with Crippen molar-refractivity contribution < 1.29 is 4.57 Å². The minimum atomic E-state index is -0.870. The zero-order valence-corrected chi connectivity index (χ0v) is 7.25. The molecule has 0 rings (SSSR count). The summed E-state index contributed by atoms with van der Waals surface area (Å²) in [6, 6.07) is 0. The van der Waals surface area contributed by atoms with Crippen LogP contribution < -0.4 is 0 Å². The first kappa shape index (κ1) is 10.5. The van der Waals surface area contributed by atoms with Crippen molar-refractivity contribution in [2.24, 2.45) is 0 Å². The standard InChI is InChI=1S/C2H6OP.C2H7P/c1-4(2)3;1-3-2/h1-2H3;3H,1-2H3/q+1;. The van der Waals surface area contributed by atoms with Crippen molar-refractivity contribution in [1.29, 1.82) is 0 Å². The molecule has 0 bridgehead atoms. The van der Waals surface area contributed by atoms with Crippen LogP contribution in [0.5, 0.6) is 0 Å². The summed E-state index contributed by atoms with van der Waals surface area (Å²) in [6.45, 7) is 7.66. The highest BCUT2D eigenvalue weighted by Gasteiger charge is 1.80. The van der Waals surface area contributed by atoms with Crippen LogP contribution >= 0.6 is 16.4 Å². The van der Waals surface area contributed by atoms with Crippen molar-refractivity contribution in [2.45, 2.75) is 0 Å². The Hall–Kier alpha value is 0.530. The first-order chi connectivity index (χ1) is 3.15. The average molecular weight is 139 g/mol. The number of hydrogen-bond donors (Lipinski definition) is 0. The third kappa shape index (κ3) is 477. The van der Waals surface area contributed by atoms with E-state index in [0.717, 1.165) is 8.58 Å². The lowest BCUT2D eigenvalue weighted by Crippen LogP contribution is -1.33. The van der Waals surface area contributed by atoms with Gasteiger partial charge in [-0.2, -0.15) is 0 Å². The van der Waals surface area contributed by atoms with E-state index in [9.17, 15) is 4.57 Å². The van der Waals surface area contributed by atoms with Crippen LogP contribution in [-0.4, -0.2) is 26.7 Å². The van der Waals surface area contributed by atoms with Crippen LogP contribution in [0, 0.1) is 0 Å². The van der Waals surface area contributed by atoms with Gasteiger partial charge in [-0.15, -0.1) is 8.58 Å². The molecule has 0 aliphatic carbocycles. The highest BCUT2D eigenvalue weighted by Crippen LogP contribution is 2.00. The molecule has 0 saturated heterocycles. The Bertz CT molecular complexity index is 41.0. The van der Waals surface area contributed by atoms with Crippen molar-refractivity contribution >= 4 is 16.4 Å². The SMILES string of the molecule is CPC.C[P+](C)=O. The molecule has 0 spiro atoms. The molecule has 44 valence electrons. The van der Waals surface area contributed by atoms with Gasteiger partial charge < -0.3 is 0 Å². The summed E-state index contributed by atoms with van der Waals surface area (Å²) in [5, 5.41) is 0. The zero-order valence-electron chi connectivity index (χ0n) is 5.36. The Kier molecular flexibility index (Phi) is 14.6. The maximum atomic E-state index is 9.59. The lowest BCUT2D eigenvalue weighted by Gasteiger charge is -1.50. The van der Waals surface area contributed by atoms with Crippen molar-refractivity contribution in [2.75, 3.05) is 26.7 Å². The Balaban J connectivity index is 0. The lowest BCUT2D eigenvalue weighted by molar-refractivity contribution is 0.594. The van der Waals surface area contributed by atoms with Crippen molar-refractivity contribution in [1.82, 2.24) is 0 Å². The van der Waals surface area contributed by atoms with Gasteiger partial charge in [0.15, 0.2) is 0 Å². The molecule has 0 heterocycles. The van der Waals surface area contributed by atoms with Gasteiger partial charge in [0.25, 0.3) is 0 Å². The Morgan fingerprint density at radius 3 is 1.29 bits per heavy atom. The van der Waals surface area contributed by atoms with Crippen molar-refractivity contribution in [3.63, 3.8) is 0 Å². The Labute approximate surface area is 48.5 Å². The fraction of sp³-hybridized carbons (Fsp3) is 1.00. The maximum Gasteiger partial charge on any atom is 0.332 e. The molecule has 0 unspecified atom stereocenters. The van der Waals surface area contributed by atoms with Gasteiger partial charge in [-0.25, -0.2) is 0 Å². The molecule has 0 aromatic carbocycles. The summed E-state index contributed by atoms with van der Waals surface area (Å²) < 4.78 is 9.59. The van der Waals surface area contributed by atoms with Gasteiger partial charge in [0.2, 0.25) is 0 Å². The smallest absolute Gasteiger partial charge is 0.129 e. The predicted octanol–water partition coefficient (Wildman–Crippen LogP) is 2.00. The van der Waals surface area contributed by atoms with Gasteiger partial charge in [-0.1, -0.05) is 4.57 Å². The average Bonchev–Trinajstić information content (AvgIpc) is 1.33. The zero-order chi connectivity index (χ0) is 6.28. The fourth-order valence-electron chi connectivity index (χ4n) is 0. The van der Waals surface area contributed by atoms with Crippen LogP contribution in [0.1, 0.15) is 0 Å². The summed E-state index contributed by atoms with van der Waals surface area (Å²) in [4.78, 5) is 0. The molecular formula is C4H13OP2+.